The number of oxazole rings is 1. The maximum Gasteiger partial charge on any atom is 0.360 e. The number of esters is 1. The first-order valence-corrected chi connectivity index (χ1v) is 8.81. The second kappa shape index (κ2) is 7.14. The number of carbonyl (C=O) groups is 1. The minimum absolute atomic E-state index is 0.00365. The van der Waals surface area contributed by atoms with Crippen LogP contribution in [0.5, 0.6) is 0 Å². The van der Waals surface area contributed by atoms with Crippen LogP contribution < -0.4 is 0 Å². The van der Waals surface area contributed by atoms with Crippen molar-refractivity contribution in [2.75, 3.05) is 7.11 Å². The molecule has 130 valence electrons. The summed E-state index contributed by atoms with van der Waals surface area (Å²) in [5.74, 6) is -0.512. The highest BCUT2D eigenvalue weighted by molar-refractivity contribution is 7.89. The van der Waals surface area contributed by atoms with E-state index in [1.54, 1.807) is 38.1 Å². The van der Waals surface area contributed by atoms with Gasteiger partial charge in [-0.15, -0.1) is 0 Å². The topological polar surface area (TPSA) is 89.7 Å². The molecule has 0 aliphatic heterocycles. The summed E-state index contributed by atoms with van der Waals surface area (Å²) in [5, 5.41) is 0. The fraction of sp³-hybridized carbons (Fsp3) is 0.375. The van der Waals surface area contributed by atoms with Gasteiger partial charge in [-0.3, -0.25) is 0 Å². The third-order valence-corrected chi connectivity index (χ3v) is 5.48. The molecule has 0 fully saturated rings. The largest absolute Gasteiger partial charge is 0.464 e. The summed E-state index contributed by atoms with van der Waals surface area (Å²) >= 11 is 0. The van der Waals surface area contributed by atoms with Gasteiger partial charge in [-0.2, -0.15) is 4.31 Å². The second-order valence-corrected chi connectivity index (χ2v) is 7.47. The summed E-state index contributed by atoms with van der Waals surface area (Å²) in [6.45, 7) is 5.33. The second-order valence-electron chi connectivity index (χ2n) is 5.58. The third kappa shape index (κ3) is 3.82. The van der Waals surface area contributed by atoms with Gasteiger partial charge in [-0.1, -0.05) is 17.7 Å². The summed E-state index contributed by atoms with van der Waals surface area (Å²) in [6.07, 6.45) is 1.15. The number of sulfonamides is 1. The van der Waals surface area contributed by atoms with Gasteiger partial charge in [0.05, 0.1) is 18.6 Å². The number of aryl methyl sites for hydroxylation is 1. The van der Waals surface area contributed by atoms with Crippen molar-refractivity contribution in [3.05, 3.63) is 47.7 Å². The Kier molecular flexibility index (Phi) is 5.40. The van der Waals surface area contributed by atoms with Crippen molar-refractivity contribution < 1.29 is 22.4 Å². The van der Waals surface area contributed by atoms with Gasteiger partial charge in [-0.25, -0.2) is 18.2 Å². The average molecular weight is 352 g/mol. The lowest BCUT2D eigenvalue weighted by atomic mass is 10.2. The minimum Gasteiger partial charge on any atom is -0.464 e. The van der Waals surface area contributed by atoms with Crippen molar-refractivity contribution in [2.45, 2.75) is 38.3 Å². The molecule has 2 rings (SSSR count). The van der Waals surface area contributed by atoms with Gasteiger partial charge in [0.15, 0.2) is 5.69 Å². The number of methoxy groups -OCH3 is 1. The molecule has 2 aromatic rings. The summed E-state index contributed by atoms with van der Waals surface area (Å²) in [7, 11) is -2.48. The van der Waals surface area contributed by atoms with E-state index in [4.69, 9.17) is 4.42 Å². The lowest BCUT2D eigenvalue weighted by Crippen LogP contribution is -2.36. The van der Waals surface area contributed by atoms with Crippen LogP contribution in [0.25, 0.3) is 0 Å². The van der Waals surface area contributed by atoms with Crippen molar-refractivity contribution in [1.82, 2.24) is 9.29 Å². The van der Waals surface area contributed by atoms with Gasteiger partial charge in [0.25, 0.3) is 0 Å². The van der Waals surface area contributed by atoms with E-state index in [-0.39, 0.29) is 29.1 Å². The first-order chi connectivity index (χ1) is 11.3. The number of nitrogens with zero attached hydrogens (tertiary/aromatic N) is 2. The molecule has 1 aromatic heterocycles. The number of hydrogen-bond acceptors (Lipinski definition) is 6. The molecule has 0 aliphatic rings. The molecule has 0 saturated carbocycles. The number of hydrogen-bond donors (Lipinski definition) is 0. The van der Waals surface area contributed by atoms with E-state index in [1.165, 1.54) is 11.4 Å². The summed E-state index contributed by atoms with van der Waals surface area (Å²) in [6, 6.07) is 6.30. The third-order valence-electron chi connectivity index (χ3n) is 3.44. The first kappa shape index (κ1) is 18.2. The molecule has 0 saturated heterocycles. The maximum absolute atomic E-state index is 12.9. The number of benzene rings is 1. The molecular weight excluding hydrogens is 332 g/mol. The fourth-order valence-corrected chi connectivity index (χ4v) is 3.69. The van der Waals surface area contributed by atoms with Crippen LogP contribution in [-0.2, 0) is 21.3 Å². The van der Waals surface area contributed by atoms with Crippen LogP contribution >= 0.6 is 0 Å². The SMILES string of the molecule is COC(=O)c1coc(CN(C(C)C)S(=O)(=O)c2ccc(C)cc2)n1. The molecule has 0 N–H and O–H groups in total. The van der Waals surface area contributed by atoms with Crippen LogP contribution in [0.1, 0.15) is 35.8 Å². The molecule has 0 spiro atoms. The molecule has 1 heterocycles. The van der Waals surface area contributed by atoms with Crippen molar-refractivity contribution in [1.29, 1.82) is 0 Å². The van der Waals surface area contributed by atoms with Crippen molar-refractivity contribution >= 4 is 16.0 Å². The van der Waals surface area contributed by atoms with Gasteiger partial charge in [-0.05, 0) is 32.9 Å². The van der Waals surface area contributed by atoms with E-state index in [1.807, 2.05) is 6.92 Å². The Bertz CT molecular complexity index is 809. The average Bonchev–Trinajstić information content (AvgIpc) is 3.00. The molecule has 7 nitrogen and oxygen atoms in total. The molecule has 0 radical (unpaired) electrons. The summed E-state index contributed by atoms with van der Waals surface area (Å²) in [5.41, 5.74) is 0.976. The zero-order chi connectivity index (χ0) is 17.9. The van der Waals surface area contributed by atoms with Gasteiger partial charge in [0.1, 0.15) is 6.26 Å². The van der Waals surface area contributed by atoms with Crippen LogP contribution in [-0.4, -0.2) is 36.8 Å². The normalized spacial score (nSPS) is 11.9. The van der Waals surface area contributed by atoms with Crippen molar-refractivity contribution in [2.24, 2.45) is 0 Å². The van der Waals surface area contributed by atoms with Gasteiger partial charge in [0.2, 0.25) is 15.9 Å². The molecule has 0 amide bonds. The fourth-order valence-electron chi connectivity index (χ4n) is 2.11. The van der Waals surface area contributed by atoms with Crippen LogP contribution in [0, 0.1) is 6.92 Å². The summed E-state index contributed by atoms with van der Waals surface area (Å²) < 4.78 is 36.7. The number of aromatic nitrogens is 1. The lowest BCUT2D eigenvalue weighted by Gasteiger charge is -2.24. The van der Waals surface area contributed by atoms with Crippen molar-refractivity contribution in [3.8, 4) is 0 Å². The quantitative estimate of drug-likeness (QED) is 0.742. The molecular formula is C16H20N2O5S. The van der Waals surface area contributed by atoms with Gasteiger partial charge >= 0.3 is 5.97 Å². The van der Waals surface area contributed by atoms with E-state index in [2.05, 4.69) is 9.72 Å². The zero-order valence-electron chi connectivity index (χ0n) is 14.0. The highest BCUT2D eigenvalue weighted by Gasteiger charge is 2.29. The monoisotopic (exact) mass is 352 g/mol. The Labute approximate surface area is 141 Å². The van der Waals surface area contributed by atoms with Crippen LogP contribution in [0.3, 0.4) is 0 Å². The van der Waals surface area contributed by atoms with E-state index in [0.717, 1.165) is 11.8 Å². The predicted octanol–water partition coefficient (Wildman–Crippen LogP) is 2.37. The van der Waals surface area contributed by atoms with E-state index >= 15 is 0 Å². The molecule has 0 bridgehead atoms. The van der Waals surface area contributed by atoms with E-state index < -0.39 is 16.0 Å². The molecule has 24 heavy (non-hydrogen) atoms. The Hall–Kier alpha value is -2.19. The predicted molar refractivity (Wildman–Crippen MR) is 86.9 cm³/mol. The lowest BCUT2D eigenvalue weighted by molar-refractivity contribution is 0.0594. The summed E-state index contributed by atoms with van der Waals surface area (Å²) in [4.78, 5) is 15.6. The number of rotatable bonds is 6. The van der Waals surface area contributed by atoms with Crippen LogP contribution in [0.15, 0.2) is 39.8 Å². The van der Waals surface area contributed by atoms with E-state index in [0.29, 0.717) is 0 Å². The van der Waals surface area contributed by atoms with Gasteiger partial charge in [0, 0.05) is 6.04 Å². The zero-order valence-corrected chi connectivity index (χ0v) is 14.8. The Morgan fingerprint density at radius 1 is 1.29 bits per heavy atom. The Balaban J connectivity index is 2.30. The Morgan fingerprint density at radius 2 is 1.92 bits per heavy atom. The highest BCUT2D eigenvalue weighted by Crippen LogP contribution is 2.21. The molecule has 1 aromatic carbocycles. The van der Waals surface area contributed by atoms with E-state index in [9.17, 15) is 13.2 Å². The maximum atomic E-state index is 12.9. The Morgan fingerprint density at radius 3 is 2.46 bits per heavy atom. The van der Waals surface area contributed by atoms with Gasteiger partial charge < -0.3 is 9.15 Å². The first-order valence-electron chi connectivity index (χ1n) is 7.37. The molecule has 0 aliphatic carbocycles. The molecule has 0 unspecified atom stereocenters. The number of carbonyl (C=O) groups excluding carboxylic acids is 1. The molecule has 8 heteroatoms. The number of ether oxygens (including phenoxy) is 1. The standard InChI is InChI=1S/C16H20N2O5S/c1-11(2)18(9-15-17-14(10-23-15)16(19)22-4)24(20,21)13-7-5-12(3)6-8-13/h5-8,10-11H,9H2,1-4H3. The molecule has 0 atom stereocenters. The van der Waals surface area contributed by atoms with Crippen LogP contribution in [0.4, 0.5) is 0 Å². The van der Waals surface area contributed by atoms with Crippen molar-refractivity contribution in [3.63, 3.8) is 0 Å². The minimum atomic E-state index is -3.71. The van der Waals surface area contributed by atoms with Crippen LogP contribution in [0.2, 0.25) is 0 Å². The smallest absolute Gasteiger partial charge is 0.360 e. The highest BCUT2D eigenvalue weighted by atomic mass is 32.2.